The Balaban J connectivity index is 1.49. The minimum atomic E-state index is -3.60. The summed E-state index contributed by atoms with van der Waals surface area (Å²) in [6, 6.07) is 5.52. The van der Waals surface area contributed by atoms with Gasteiger partial charge in [-0.3, -0.25) is 9.69 Å². The highest BCUT2D eigenvalue weighted by Crippen LogP contribution is 2.33. The SMILES string of the molecule is Cc1cc(-c2ccc(S(=O)(=O)N3CCCCNC(=O)CC4CCCCN4CCC3)s2)on1. The quantitative estimate of drug-likeness (QED) is 0.725. The first-order valence-electron chi connectivity index (χ1n) is 11.5. The summed E-state index contributed by atoms with van der Waals surface area (Å²) >= 11 is 1.22. The maximum Gasteiger partial charge on any atom is 0.252 e. The van der Waals surface area contributed by atoms with Crippen LogP contribution in [0, 0.1) is 6.92 Å². The Morgan fingerprint density at radius 3 is 2.69 bits per heavy atom. The van der Waals surface area contributed by atoms with Crippen molar-refractivity contribution < 1.29 is 17.7 Å². The third-order valence-electron chi connectivity index (χ3n) is 6.23. The average molecular weight is 481 g/mol. The summed E-state index contributed by atoms with van der Waals surface area (Å²) in [4.78, 5) is 15.4. The topological polar surface area (TPSA) is 95.8 Å². The first-order valence-corrected chi connectivity index (χ1v) is 13.7. The van der Waals surface area contributed by atoms with Gasteiger partial charge in [-0.15, -0.1) is 11.3 Å². The lowest BCUT2D eigenvalue weighted by Crippen LogP contribution is -2.43. The van der Waals surface area contributed by atoms with Crippen LogP contribution in [-0.2, 0) is 14.8 Å². The minimum absolute atomic E-state index is 0.111. The molecule has 4 heterocycles. The molecule has 8 nitrogen and oxygen atoms in total. The fourth-order valence-corrected chi connectivity index (χ4v) is 7.44. The lowest BCUT2D eigenvalue weighted by Gasteiger charge is -2.35. The molecule has 2 saturated heterocycles. The smallest absolute Gasteiger partial charge is 0.252 e. The number of fused-ring (bicyclic) bond motifs is 1. The van der Waals surface area contributed by atoms with E-state index in [4.69, 9.17) is 4.52 Å². The van der Waals surface area contributed by atoms with Gasteiger partial charge in [0.1, 0.15) is 4.21 Å². The van der Waals surface area contributed by atoms with Gasteiger partial charge in [0.25, 0.3) is 10.0 Å². The largest absolute Gasteiger partial charge is 0.356 e. The summed E-state index contributed by atoms with van der Waals surface area (Å²) < 4.78 is 34.2. The maximum absolute atomic E-state index is 13.5. The predicted molar refractivity (Wildman–Crippen MR) is 124 cm³/mol. The van der Waals surface area contributed by atoms with Gasteiger partial charge in [0.2, 0.25) is 5.91 Å². The van der Waals surface area contributed by atoms with E-state index in [0.717, 1.165) is 55.8 Å². The van der Waals surface area contributed by atoms with Crippen LogP contribution in [0.15, 0.2) is 26.9 Å². The molecule has 32 heavy (non-hydrogen) atoms. The highest BCUT2D eigenvalue weighted by atomic mass is 32.2. The number of carbonyl (C=O) groups excluding carboxylic acids is 1. The molecule has 176 valence electrons. The Labute approximate surface area is 194 Å². The Morgan fingerprint density at radius 1 is 1.09 bits per heavy atom. The number of carbonyl (C=O) groups is 1. The molecular formula is C22H32N4O4S2. The van der Waals surface area contributed by atoms with Crippen molar-refractivity contribution in [3.05, 3.63) is 23.9 Å². The number of piperidine rings is 1. The van der Waals surface area contributed by atoms with Crippen LogP contribution in [0.4, 0.5) is 0 Å². The van der Waals surface area contributed by atoms with E-state index >= 15 is 0 Å². The Bertz CT molecular complexity index is 1020. The van der Waals surface area contributed by atoms with Crippen LogP contribution in [0.3, 0.4) is 0 Å². The van der Waals surface area contributed by atoms with Gasteiger partial charge >= 0.3 is 0 Å². The molecule has 10 heteroatoms. The van der Waals surface area contributed by atoms with Gasteiger partial charge in [-0.25, -0.2) is 8.42 Å². The molecule has 1 amide bonds. The number of thiophene rings is 1. The van der Waals surface area contributed by atoms with E-state index in [1.807, 2.05) is 13.0 Å². The van der Waals surface area contributed by atoms with E-state index in [9.17, 15) is 13.2 Å². The molecule has 0 aliphatic carbocycles. The Hall–Kier alpha value is -1.75. The van der Waals surface area contributed by atoms with Crippen molar-refractivity contribution in [2.45, 2.75) is 62.1 Å². The average Bonchev–Trinajstić information content (AvgIpc) is 3.42. The number of hydrogen-bond acceptors (Lipinski definition) is 7. The number of aryl methyl sites for hydroxylation is 1. The van der Waals surface area contributed by atoms with Gasteiger partial charge in [0.15, 0.2) is 5.76 Å². The predicted octanol–water partition coefficient (Wildman–Crippen LogP) is 3.25. The third kappa shape index (κ3) is 5.59. The van der Waals surface area contributed by atoms with Crippen molar-refractivity contribution >= 4 is 27.3 Å². The van der Waals surface area contributed by atoms with Crippen LogP contribution < -0.4 is 5.32 Å². The molecule has 2 aromatic rings. The molecule has 4 rings (SSSR count). The molecule has 0 bridgehead atoms. The summed E-state index contributed by atoms with van der Waals surface area (Å²) in [7, 11) is -3.60. The highest BCUT2D eigenvalue weighted by Gasteiger charge is 2.29. The molecule has 0 saturated carbocycles. The number of amides is 1. The summed E-state index contributed by atoms with van der Waals surface area (Å²) in [5.74, 6) is 0.699. The van der Waals surface area contributed by atoms with Crippen LogP contribution in [0.5, 0.6) is 0 Å². The second-order valence-electron chi connectivity index (χ2n) is 8.66. The number of sulfonamides is 1. The molecule has 0 spiro atoms. The van der Waals surface area contributed by atoms with Gasteiger partial charge in [-0.2, -0.15) is 4.31 Å². The molecule has 1 N–H and O–H groups in total. The highest BCUT2D eigenvalue weighted by molar-refractivity contribution is 7.91. The van der Waals surface area contributed by atoms with E-state index in [0.29, 0.717) is 42.4 Å². The first kappa shape index (κ1) is 23.4. The molecule has 2 fully saturated rings. The molecule has 0 aromatic carbocycles. The zero-order valence-corrected chi connectivity index (χ0v) is 20.2. The van der Waals surface area contributed by atoms with Crippen molar-refractivity contribution in [3.8, 4) is 10.6 Å². The molecule has 2 aliphatic heterocycles. The van der Waals surface area contributed by atoms with Crippen molar-refractivity contribution in [2.75, 3.05) is 32.7 Å². The molecule has 2 aliphatic rings. The van der Waals surface area contributed by atoms with Crippen LogP contribution in [0.25, 0.3) is 10.6 Å². The summed E-state index contributed by atoms with van der Waals surface area (Å²) in [5, 5.41) is 6.91. The van der Waals surface area contributed by atoms with E-state index in [1.165, 1.54) is 11.3 Å². The standard InChI is InChI=1S/C22H32N4O4S2/c1-17-15-19(30-24-17)20-8-9-22(31-20)32(28,29)26-13-5-3-10-23-21(27)16-18-7-2-4-11-25(18)12-6-14-26/h8-9,15,18H,2-7,10-14,16H2,1H3,(H,23,27). The molecule has 2 aromatic heterocycles. The minimum Gasteiger partial charge on any atom is -0.356 e. The van der Waals surface area contributed by atoms with E-state index in [1.54, 1.807) is 16.4 Å². The zero-order chi connectivity index (χ0) is 22.6. The molecule has 1 atom stereocenters. The van der Waals surface area contributed by atoms with Crippen LogP contribution >= 0.6 is 11.3 Å². The monoisotopic (exact) mass is 480 g/mol. The van der Waals surface area contributed by atoms with Crippen molar-refractivity contribution in [2.24, 2.45) is 0 Å². The lowest BCUT2D eigenvalue weighted by molar-refractivity contribution is -0.122. The molecule has 0 radical (unpaired) electrons. The van der Waals surface area contributed by atoms with E-state index in [-0.39, 0.29) is 11.9 Å². The fourth-order valence-electron chi connectivity index (χ4n) is 4.51. The zero-order valence-electron chi connectivity index (χ0n) is 18.6. The van der Waals surface area contributed by atoms with Gasteiger partial charge in [-0.05, 0) is 64.3 Å². The second kappa shape index (κ2) is 10.5. The van der Waals surface area contributed by atoms with Crippen LogP contribution in [0.1, 0.15) is 50.6 Å². The van der Waals surface area contributed by atoms with Gasteiger partial charge in [0.05, 0.1) is 10.6 Å². The Kier molecular flexibility index (Phi) is 7.65. The van der Waals surface area contributed by atoms with Crippen molar-refractivity contribution in [3.63, 3.8) is 0 Å². The number of rotatable bonds is 3. The lowest BCUT2D eigenvalue weighted by atomic mass is 9.98. The Morgan fingerprint density at radius 2 is 1.88 bits per heavy atom. The van der Waals surface area contributed by atoms with Crippen molar-refractivity contribution in [1.29, 1.82) is 0 Å². The third-order valence-corrected chi connectivity index (χ3v) is 9.69. The van der Waals surface area contributed by atoms with Gasteiger partial charge in [0, 0.05) is 38.2 Å². The first-order chi connectivity index (χ1) is 15.4. The van der Waals surface area contributed by atoms with E-state index < -0.39 is 10.0 Å². The van der Waals surface area contributed by atoms with Crippen LogP contribution in [-0.4, -0.2) is 67.5 Å². The van der Waals surface area contributed by atoms with Gasteiger partial charge < -0.3 is 9.84 Å². The fraction of sp³-hybridized carbons (Fsp3) is 0.636. The van der Waals surface area contributed by atoms with Crippen LogP contribution in [0.2, 0.25) is 0 Å². The van der Waals surface area contributed by atoms with Gasteiger partial charge in [-0.1, -0.05) is 11.6 Å². The number of hydrogen-bond donors (Lipinski definition) is 1. The number of aromatic nitrogens is 1. The summed E-state index contributed by atoms with van der Waals surface area (Å²) in [6.07, 6.45) is 6.11. The molecular weight excluding hydrogens is 448 g/mol. The maximum atomic E-state index is 13.5. The normalized spacial score (nSPS) is 22.9. The van der Waals surface area contributed by atoms with E-state index in [2.05, 4.69) is 15.4 Å². The number of nitrogens with one attached hydrogen (secondary N) is 1. The molecule has 1 unspecified atom stereocenters. The second-order valence-corrected chi connectivity index (χ2v) is 11.9. The number of nitrogens with zero attached hydrogens (tertiary/aromatic N) is 3. The summed E-state index contributed by atoms with van der Waals surface area (Å²) in [6.45, 7) is 5.17. The van der Waals surface area contributed by atoms with Crippen molar-refractivity contribution in [1.82, 2.24) is 19.7 Å². The summed E-state index contributed by atoms with van der Waals surface area (Å²) in [5.41, 5.74) is 0.764.